The predicted octanol–water partition coefficient (Wildman–Crippen LogP) is 1.41. The van der Waals surface area contributed by atoms with Crippen molar-refractivity contribution in [2.75, 3.05) is 13.2 Å². The second kappa shape index (κ2) is 2.96. The van der Waals surface area contributed by atoms with Gasteiger partial charge in [-0.05, 0) is 61.2 Å². The SMILES string of the molecule is OCC1CC2C3CCC(CO)(C3)C2C1. The second-order valence-electron chi connectivity index (χ2n) is 5.81. The Labute approximate surface area is 85.3 Å². The summed E-state index contributed by atoms with van der Waals surface area (Å²) in [5, 5.41) is 18.8. The quantitative estimate of drug-likeness (QED) is 0.701. The third-order valence-electron chi connectivity index (χ3n) is 5.36. The van der Waals surface area contributed by atoms with Crippen molar-refractivity contribution in [3.05, 3.63) is 0 Å². The summed E-state index contributed by atoms with van der Waals surface area (Å²) in [4.78, 5) is 0. The fraction of sp³-hybridized carbons (Fsp3) is 1.00. The molecule has 5 unspecified atom stereocenters. The molecule has 2 bridgehead atoms. The van der Waals surface area contributed by atoms with Gasteiger partial charge in [0.1, 0.15) is 0 Å². The number of hydrogen-bond acceptors (Lipinski definition) is 2. The van der Waals surface area contributed by atoms with E-state index < -0.39 is 0 Å². The first-order valence-electron chi connectivity index (χ1n) is 6.01. The van der Waals surface area contributed by atoms with Gasteiger partial charge in [0, 0.05) is 13.2 Å². The molecule has 3 aliphatic rings. The highest BCUT2D eigenvalue weighted by Crippen LogP contribution is 2.66. The normalized spacial score (nSPS) is 55.3. The van der Waals surface area contributed by atoms with Crippen LogP contribution >= 0.6 is 0 Å². The maximum Gasteiger partial charge on any atom is 0.0490 e. The molecule has 0 radical (unpaired) electrons. The highest BCUT2D eigenvalue weighted by Gasteiger charge is 2.59. The molecule has 5 atom stereocenters. The molecule has 0 aromatic heterocycles. The third-order valence-corrected chi connectivity index (χ3v) is 5.36. The fourth-order valence-corrected chi connectivity index (χ4v) is 4.72. The van der Waals surface area contributed by atoms with Crippen LogP contribution in [0.4, 0.5) is 0 Å². The Hall–Kier alpha value is -0.0800. The molecule has 3 saturated carbocycles. The van der Waals surface area contributed by atoms with Gasteiger partial charge in [0.2, 0.25) is 0 Å². The maximum atomic E-state index is 9.59. The standard InChI is InChI=1S/C12H20O2/c13-6-8-3-10-9-1-2-12(5-9,7-14)11(10)4-8/h8-11,13-14H,1-7H2. The van der Waals surface area contributed by atoms with Crippen LogP contribution < -0.4 is 0 Å². The smallest absolute Gasteiger partial charge is 0.0490 e. The van der Waals surface area contributed by atoms with Gasteiger partial charge in [-0.3, -0.25) is 0 Å². The summed E-state index contributed by atoms with van der Waals surface area (Å²) in [6.45, 7) is 0.754. The van der Waals surface area contributed by atoms with Crippen LogP contribution in [-0.2, 0) is 0 Å². The number of fused-ring (bicyclic) bond motifs is 5. The molecule has 2 heteroatoms. The number of hydrogen-bond donors (Lipinski definition) is 2. The van der Waals surface area contributed by atoms with Gasteiger partial charge in [-0.1, -0.05) is 0 Å². The minimum atomic E-state index is 0.277. The van der Waals surface area contributed by atoms with Gasteiger partial charge >= 0.3 is 0 Å². The molecule has 80 valence electrons. The van der Waals surface area contributed by atoms with Crippen LogP contribution in [0.5, 0.6) is 0 Å². The molecule has 14 heavy (non-hydrogen) atoms. The van der Waals surface area contributed by atoms with Crippen molar-refractivity contribution < 1.29 is 10.2 Å². The summed E-state index contributed by atoms with van der Waals surface area (Å²) < 4.78 is 0. The van der Waals surface area contributed by atoms with Gasteiger partial charge < -0.3 is 10.2 Å². The Morgan fingerprint density at radius 2 is 2.07 bits per heavy atom. The van der Waals surface area contributed by atoms with Crippen molar-refractivity contribution in [2.45, 2.75) is 32.1 Å². The molecule has 2 N–H and O–H groups in total. The molecule has 3 aliphatic carbocycles. The number of aliphatic hydroxyl groups excluding tert-OH is 2. The zero-order valence-corrected chi connectivity index (χ0v) is 8.65. The van der Waals surface area contributed by atoms with E-state index in [0.29, 0.717) is 19.1 Å². The summed E-state index contributed by atoms with van der Waals surface area (Å²) in [7, 11) is 0. The second-order valence-corrected chi connectivity index (χ2v) is 5.81. The van der Waals surface area contributed by atoms with E-state index in [9.17, 15) is 10.2 Å². The van der Waals surface area contributed by atoms with Crippen molar-refractivity contribution >= 4 is 0 Å². The zero-order valence-electron chi connectivity index (χ0n) is 8.65. The van der Waals surface area contributed by atoms with Gasteiger partial charge in [0.05, 0.1) is 0 Å². The Bertz CT molecular complexity index is 240. The Morgan fingerprint density at radius 3 is 2.79 bits per heavy atom. The lowest BCUT2D eigenvalue weighted by Gasteiger charge is -2.34. The first-order valence-corrected chi connectivity index (χ1v) is 6.01. The highest BCUT2D eigenvalue weighted by atomic mass is 16.3. The van der Waals surface area contributed by atoms with Crippen LogP contribution in [0.15, 0.2) is 0 Å². The summed E-state index contributed by atoms with van der Waals surface area (Å²) >= 11 is 0. The van der Waals surface area contributed by atoms with E-state index in [2.05, 4.69) is 0 Å². The molecule has 2 nitrogen and oxygen atoms in total. The summed E-state index contributed by atoms with van der Waals surface area (Å²) in [5.41, 5.74) is 0.277. The van der Waals surface area contributed by atoms with Crippen LogP contribution in [0.2, 0.25) is 0 Å². The van der Waals surface area contributed by atoms with Gasteiger partial charge in [-0.25, -0.2) is 0 Å². The predicted molar refractivity (Wildman–Crippen MR) is 53.6 cm³/mol. The largest absolute Gasteiger partial charge is 0.396 e. The summed E-state index contributed by atoms with van der Waals surface area (Å²) in [6.07, 6.45) is 6.26. The first-order chi connectivity index (χ1) is 6.79. The molecular formula is C12H20O2. The third kappa shape index (κ3) is 0.989. The van der Waals surface area contributed by atoms with Gasteiger partial charge in [-0.15, -0.1) is 0 Å². The lowest BCUT2D eigenvalue weighted by atomic mass is 9.72. The van der Waals surface area contributed by atoms with Crippen molar-refractivity contribution in [1.82, 2.24) is 0 Å². The lowest BCUT2D eigenvalue weighted by molar-refractivity contribution is 0.0655. The molecule has 3 fully saturated rings. The molecule has 0 heterocycles. The molecule has 0 aliphatic heterocycles. The van der Waals surface area contributed by atoms with Crippen LogP contribution in [0, 0.1) is 29.1 Å². The van der Waals surface area contributed by atoms with E-state index in [0.717, 1.165) is 17.8 Å². The Kier molecular flexibility index (Phi) is 1.94. The topological polar surface area (TPSA) is 40.5 Å². The van der Waals surface area contributed by atoms with Gasteiger partial charge in [-0.2, -0.15) is 0 Å². The van der Waals surface area contributed by atoms with E-state index in [1.165, 1.54) is 32.1 Å². The van der Waals surface area contributed by atoms with Crippen LogP contribution in [0.1, 0.15) is 32.1 Å². The van der Waals surface area contributed by atoms with Gasteiger partial charge in [0.15, 0.2) is 0 Å². The number of aliphatic hydroxyl groups is 2. The average molecular weight is 196 g/mol. The fourth-order valence-electron chi connectivity index (χ4n) is 4.72. The van der Waals surface area contributed by atoms with E-state index in [4.69, 9.17) is 0 Å². The Morgan fingerprint density at radius 1 is 1.21 bits per heavy atom. The molecule has 0 saturated heterocycles. The molecule has 3 rings (SSSR count). The minimum absolute atomic E-state index is 0.277. The van der Waals surface area contributed by atoms with E-state index in [-0.39, 0.29) is 5.41 Å². The lowest BCUT2D eigenvalue weighted by Crippen LogP contribution is -2.31. The van der Waals surface area contributed by atoms with E-state index in [1.54, 1.807) is 0 Å². The van der Waals surface area contributed by atoms with Crippen molar-refractivity contribution in [3.63, 3.8) is 0 Å². The van der Waals surface area contributed by atoms with Crippen LogP contribution in [0.3, 0.4) is 0 Å². The maximum absolute atomic E-state index is 9.59. The van der Waals surface area contributed by atoms with E-state index in [1.807, 2.05) is 0 Å². The molecule has 0 aromatic rings. The van der Waals surface area contributed by atoms with Crippen molar-refractivity contribution in [1.29, 1.82) is 0 Å². The highest BCUT2D eigenvalue weighted by molar-refractivity contribution is 5.09. The summed E-state index contributed by atoms with van der Waals surface area (Å²) in [6, 6.07) is 0. The molecule has 0 aromatic carbocycles. The number of rotatable bonds is 2. The van der Waals surface area contributed by atoms with Gasteiger partial charge in [0.25, 0.3) is 0 Å². The van der Waals surface area contributed by atoms with E-state index >= 15 is 0 Å². The average Bonchev–Trinajstić information content (AvgIpc) is 2.88. The monoisotopic (exact) mass is 196 g/mol. The van der Waals surface area contributed by atoms with Crippen molar-refractivity contribution in [2.24, 2.45) is 29.1 Å². The van der Waals surface area contributed by atoms with Crippen molar-refractivity contribution in [3.8, 4) is 0 Å². The van der Waals surface area contributed by atoms with Crippen LogP contribution in [0.25, 0.3) is 0 Å². The Balaban J connectivity index is 1.85. The zero-order chi connectivity index (χ0) is 9.76. The first kappa shape index (κ1) is 9.17. The summed E-state index contributed by atoms with van der Waals surface area (Å²) in [5.74, 6) is 3.00. The minimum Gasteiger partial charge on any atom is -0.396 e. The molecular weight excluding hydrogens is 176 g/mol. The molecule has 0 spiro atoms. The molecule has 0 amide bonds. The van der Waals surface area contributed by atoms with Crippen LogP contribution in [-0.4, -0.2) is 23.4 Å².